The number of methoxy groups -OCH3 is 1. The minimum absolute atomic E-state index is 0.220. The highest BCUT2D eigenvalue weighted by atomic mass is 35.5. The van der Waals surface area contributed by atoms with Crippen molar-refractivity contribution in [1.82, 2.24) is 15.2 Å². The van der Waals surface area contributed by atoms with Gasteiger partial charge in [0.15, 0.2) is 0 Å². The molecule has 0 amide bonds. The van der Waals surface area contributed by atoms with E-state index < -0.39 is 0 Å². The van der Waals surface area contributed by atoms with E-state index >= 15 is 0 Å². The Morgan fingerprint density at radius 1 is 1.17 bits per heavy atom. The maximum Gasteiger partial charge on any atom is 0.248 e. The number of H-pyrrole nitrogens is 1. The zero-order valence-electron chi connectivity index (χ0n) is 12.1. The third-order valence-corrected chi connectivity index (χ3v) is 3.76. The molecule has 0 fully saturated rings. The Bertz CT molecular complexity index is 826. The summed E-state index contributed by atoms with van der Waals surface area (Å²) >= 11 is 12.8. The zero-order valence-corrected chi connectivity index (χ0v) is 13.6. The number of aromatic nitrogens is 3. The monoisotopic (exact) mass is 349 g/mol. The Morgan fingerprint density at radius 3 is 2.52 bits per heavy atom. The Morgan fingerprint density at radius 2 is 1.91 bits per heavy atom. The quantitative estimate of drug-likeness (QED) is 0.659. The lowest BCUT2D eigenvalue weighted by Gasteiger charge is -2.11. The largest absolute Gasteiger partial charge is 0.497 e. The number of nitrogens with two attached hydrogens (primary N) is 1. The fraction of sp³-hybridized carbons (Fsp3) is 0.0667. The van der Waals surface area contributed by atoms with E-state index in [4.69, 9.17) is 33.7 Å². The highest BCUT2D eigenvalue weighted by Gasteiger charge is 2.12. The first-order chi connectivity index (χ1) is 11.1. The van der Waals surface area contributed by atoms with Crippen LogP contribution in [0.4, 0.5) is 17.6 Å². The molecule has 6 nitrogen and oxygen atoms in total. The van der Waals surface area contributed by atoms with Crippen molar-refractivity contribution in [2.45, 2.75) is 0 Å². The third-order valence-electron chi connectivity index (χ3n) is 3.16. The van der Waals surface area contributed by atoms with Crippen LogP contribution >= 0.6 is 23.2 Å². The fourth-order valence-electron chi connectivity index (χ4n) is 2.16. The van der Waals surface area contributed by atoms with Crippen molar-refractivity contribution in [1.29, 1.82) is 0 Å². The third kappa shape index (κ3) is 3.33. The Balaban J connectivity index is 1.96. The molecule has 23 heavy (non-hydrogen) atoms. The lowest BCUT2D eigenvalue weighted by atomic mass is 10.0. The summed E-state index contributed by atoms with van der Waals surface area (Å²) in [5, 5.41) is 10.4. The van der Waals surface area contributed by atoms with Gasteiger partial charge in [0.05, 0.1) is 17.2 Å². The van der Waals surface area contributed by atoms with Crippen LogP contribution in [0.2, 0.25) is 10.0 Å². The number of anilines is 3. The van der Waals surface area contributed by atoms with E-state index in [2.05, 4.69) is 20.5 Å². The maximum atomic E-state index is 6.40. The first-order valence-electron chi connectivity index (χ1n) is 6.65. The summed E-state index contributed by atoms with van der Waals surface area (Å²) in [6, 6.07) is 11.0. The summed E-state index contributed by atoms with van der Waals surface area (Å²) in [7, 11) is 1.61. The van der Waals surface area contributed by atoms with E-state index in [-0.39, 0.29) is 5.95 Å². The van der Waals surface area contributed by atoms with E-state index in [9.17, 15) is 0 Å². The second kappa shape index (κ2) is 6.36. The molecule has 0 radical (unpaired) electrons. The highest BCUT2D eigenvalue weighted by molar-refractivity contribution is 6.39. The van der Waals surface area contributed by atoms with Crippen molar-refractivity contribution in [3.63, 3.8) is 0 Å². The van der Waals surface area contributed by atoms with E-state index in [1.165, 1.54) is 0 Å². The van der Waals surface area contributed by atoms with Crippen LogP contribution in [0.5, 0.6) is 5.75 Å². The van der Waals surface area contributed by atoms with Gasteiger partial charge in [-0.1, -0.05) is 35.3 Å². The second-order valence-corrected chi connectivity index (χ2v) is 5.53. The van der Waals surface area contributed by atoms with Crippen LogP contribution in [0.3, 0.4) is 0 Å². The number of nitrogen functional groups attached to an aromatic ring is 1. The number of nitrogens with zero attached hydrogens (tertiary/aromatic N) is 2. The van der Waals surface area contributed by atoms with Gasteiger partial charge >= 0.3 is 0 Å². The number of ether oxygens (including phenoxy) is 1. The molecule has 118 valence electrons. The van der Waals surface area contributed by atoms with Crippen LogP contribution in [0, 0.1) is 0 Å². The van der Waals surface area contributed by atoms with Gasteiger partial charge in [0.1, 0.15) is 5.75 Å². The normalized spacial score (nSPS) is 10.6. The second-order valence-electron chi connectivity index (χ2n) is 4.72. The van der Waals surface area contributed by atoms with Crippen molar-refractivity contribution < 1.29 is 4.74 Å². The molecule has 0 atom stereocenters. The van der Waals surface area contributed by atoms with Crippen molar-refractivity contribution in [3.8, 4) is 16.9 Å². The molecule has 0 unspecified atom stereocenters. The van der Waals surface area contributed by atoms with Gasteiger partial charge in [0.2, 0.25) is 11.9 Å². The molecule has 0 spiro atoms. The molecule has 3 aromatic rings. The lowest BCUT2D eigenvalue weighted by molar-refractivity contribution is 0.415. The molecule has 1 aromatic heterocycles. The van der Waals surface area contributed by atoms with Gasteiger partial charge in [-0.05, 0) is 29.8 Å². The molecule has 8 heteroatoms. The number of benzene rings is 2. The molecule has 3 rings (SSSR count). The predicted octanol–water partition coefficient (Wildman–Crippen LogP) is 4.11. The highest BCUT2D eigenvalue weighted by Crippen LogP contribution is 2.38. The molecular weight excluding hydrogens is 337 g/mol. The minimum atomic E-state index is 0.220. The van der Waals surface area contributed by atoms with Crippen molar-refractivity contribution >= 4 is 40.8 Å². The Kier molecular flexibility index (Phi) is 4.27. The molecule has 0 aliphatic heterocycles. The van der Waals surface area contributed by atoms with Gasteiger partial charge in [0, 0.05) is 11.3 Å². The first kappa shape index (κ1) is 15.5. The minimum Gasteiger partial charge on any atom is -0.497 e. The number of aromatic amines is 1. The van der Waals surface area contributed by atoms with Crippen molar-refractivity contribution in [2.24, 2.45) is 0 Å². The van der Waals surface area contributed by atoms with Crippen LogP contribution in [0.15, 0.2) is 36.4 Å². The average molecular weight is 350 g/mol. The summed E-state index contributed by atoms with van der Waals surface area (Å²) in [5.41, 5.74) is 7.74. The Hall–Kier alpha value is -2.44. The number of nitrogens with one attached hydrogen (secondary N) is 2. The van der Waals surface area contributed by atoms with Crippen LogP contribution < -0.4 is 15.8 Å². The van der Waals surface area contributed by atoms with Crippen LogP contribution in [-0.2, 0) is 0 Å². The van der Waals surface area contributed by atoms with Gasteiger partial charge in [-0.25, -0.2) is 5.10 Å². The number of hydrogen-bond acceptors (Lipinski definition) is 5. The van der Waals surface area contributed by atoms with E-state index in [1.807, 2.05) is 24.3 Å². The van der Waals surface area contributed by atoms with Crippen molar-refractivity contribution in [2.75, 3.05) is 18.2 Å². The number of rotatable bonds is 4. The molecule has 4 N–H and O–H groups in total. The van der Waals surface area contributed by atoms with Crippen LogP contribution in [-0.4, -0.2) is 22.3 Å². The maximum absolute atomic E-state index is 6.40. The molecule has 0 saturated heterocycles. The van der Waals surface area contributed by atoms with Gasteiger partial charge in [0.25, 0.3) is 0 Å². The molecule has 0 aliphatic rings. The summed E-state index contributed by atoms with van der Waals surface area (Å²) in [6.45, 7) is 0. The molecular formula is C15H13Cl2N5O. The van der Waals surface area contributed by atoms with Gasteiger partial charge < -0.3 is 15.8 Å². The Labute approximate surface area is 142 Å². The molecule has 1 heterocycles. The van der Waals surface area contributed by atoms with Crippen molar-refractivity contribution in [3.05, 3.63) is 46.4 Å². The molecule has 0 saturated carbocycles. The zero-order chi connectivity index (χ0) is 16.4. The lowest BCUT2D eigenvalue weighted by Crippen LogP contribution is -1.94. The molecule has 2 aromatic carbocycles. The summed E-state index contributed by atoms with van der Waals surface area (Å²) in [5.74, 6) is 1.29. The first-order valence-corrected chi connectivity index (χ1v) is 7.41. The number of hydrogen-bond donors (Lipinski definition) is 3. The van der Waals surface area contributed by atoms with Crippen LogP contribution in [0.25, 0.3) is 11.1 Å². The molecule has 0 bridgehead atoms. The topological polar surface area (TPSA) is 88.8 Å². The van der Waals surface area contributed by atoms with Crippen LogP contribution in [0.1, 0.15) is 0 Å². The van der Waals surface area contributed by atoms with E-state index in [0.717, 1.165) is 16.9 Å². The SMILES string of the molecule is COc1cccc(-c2c(Cl)cc(Nc3n[nH]c(N)n3)cc2Cl)c1. The fourth-order valence-corrected chi connectivity index (χ4v) is 2.86. The van der Waals surface area contributed by atoms with E-state index in [0.29, 0.717) is 21.7 Å². The number of halogens is 2. The van der Waals surface area contributed by atoms with E-state index in [1.54, 1.807) is 19.2 Å². The summed E-state index contributed by atoms with van der Waals surface area (Å²) in [6.07, 6.45) is 0. The standard InChI is InChI=1S/C15H13Cl2N5O/c1-23-10-4-2-3-8(5-10)13-11(16)6-9(7-12(13)17)19-15-20-14(18)21-22-15/h2-7H,1H3,(H4,18,19,20,21,22). The smallest absolute Gasteiger partial charge is 0.248 e. The van der Waals surface area contributed by atoms with Gasteiger partial charge in [-0.2, -0.15) is 4.98 Å². The summed E-state index contributed by atoms with van der Waals surface area (Å²) < 4.78 is 5.23. The molecule has 0 aliphatic carbocycles. The predicted molar refractivity (Wildman–Crippen MR) is 92.5 cm³/mol. The summed E-state index contributed by atoms with van der Waals surface area (Å²) in [4.78, 5) is 3.97. The van der Waals surface area contributed by atoms with Gasteiger partial charge in [-0.3, -0.25) is 0 Å². The van der Waals surface area contributed by atoms with Gasteiger partial charge in [-0.15, -0.1) is 5.10 Å². The average Bonchev–Trinajstić information content (AvgIpc) is 2.92.